The monoisotopic (exact) mass is 170 g/mol. The number of benzene rings is 1. The molecule has 1 unspecified atom stereocenters. The topological polar surface area (TPSA) is 52.0 Å². The lowest BCUT2D eigenvalue weighted by Crippen LogP contribution is -2.20. The van der Waals surface area contributed by atoms with Crippen molar-refractivity contribution in [3.8, 4) is 0 Å². The summed E-state index contributed by atoms with van der Waals surface area (Å²) in [5.41, 5.74) is 12.0. The molecular weight excluding hydrogens is 160 g/mol. The highest BCUT2D eigenvalue weighted by molar-refractivity contribution is 6.31. The van der Waals surface area contributed by atoms with Crippen LogP contribution in [0, 0.1) is 0 Å². The summed E-state index contributed by atoms with van der Waals surface area (Å²) >= 11 is 5.86. The first-order valence-electron chi connectivity index (χ1n) is 3.45. The van der Waals surface area contributed by atoms with Crippen LogP contribution in [-0.4, -0.2) is 6.54 Å². The van der Waals surface area contributed by atoms with Gasteiger partial charge >= 0.3 is 0 Å². The van der Waals surface area contributed by atoms with Gasteiger partial charge in [0.2, 0.25) is 0 Å². The Kier molecular flexibility index (Phi) is 2.88. The number of halogens is 1. The van der Waals surface area contributed by atoms with E-state index >= 15 is 0 Å². The first kappa shape index (κ1) is 8.53. The van der Waals surface area contributed by atoms with Crippen LogP contribution >= 0.6 is 11.6 Å². The first-order valence-corrected chi connectivity index (χ1v) is 3.83. The van der Waals surface area contributed by atoms with Gasteiger partial charge in [0.25, 0.3) is 0 Å². The molecule has 0 aliphatic heterocycles. The number of hydrogen-bond donors (Lipinski definition) is 2. The maximum absolute atomic E-state index is 5.86. The van der Waals surface area contributed by atoms with Crippen molar-refractivity contribution in [2.45, 2.75) is 6.04 Å². The molecule has 1 rings (SSSR count). The molecule has 0 saturated carbocycles. The minimum atomic E-state index is -0.149. The second-order valence-corrected chi connectivity index (χ2v) is 2.77. The van der Waals surface area contributed by atoms with Crippen LogP contribution in [-0.2, 0) is 0 Å². The Bertz CT molecular complexity index is 237. The van der Waals surface area contributed by atoms with E-state index in [9.17, 15) is 0 Å². The summed E-state index contributed by atoms with van der Waals surface area (Å²) in [5, 5.41) is 0.686. The van der Waals surface area contributed by atoms with Gasteiger partial charge in [-0.1, -0.05) is 29.8 Å². The van der Waals surface area contributed by atoms with Gasteiger partial charge in [0.15, 0.2) is 0 Å². The van der Waals surface area contributed by atoms with Gasteiger partial charge in [-0.15, -0.1) is 0 Å². The van der Waals surface area contributed by atoms with Gasteiger partial charge in [-0.05, 0) is 11.6 Å². The zero-order chi connectivity index (χ0) is 8.27. The zero-order valence-corrected chi connectivity index (χ0v) is 6.88. The SMILES string of the molecule is NCC(N)c1ccccc1Cl. The minimum Gasteiger partial charge on any atom is -0.329 e. The van der Waals surface area contributed by atoms with E-state index in [1.807, 2.05) is 24.3 Å². The fraction of sp³-hybridized carbons (Fsp3) is 0.250. The summed E-state index contributed by atoms with van der Waals surface area (Å²) in [6, 6.07) is 7.32. The molecule has 60 valence electrons. The Morgan fingerprint density at radius 1 is 1.36 bits per heavy atom. The molecule has 1 aromatic rings. The first-order chi connectivity index (χ1) is 5.25. The predicted molar refractivity (Wildman–Crippen MR) is 47.4 cm³/mol. The lowest BCUT2D eigenvalue weighted by molar-refractivity contribution is 0.737. The molecule has 11 heavy (non-hydrogen) atoms. The van der Waals surface area contributed by atoms with Crippen LogP contribution in [0.15, 0.2) is 24.3 Å². The normalized spacial score (nSPS) is 13.0. The third kappa shape index (κ3) is 1.93. The van der Waals surface area contributed by atoms with E-state index in [1.54, 1.807) is 0 Å². The quantitative estimate of drug-likeness (QED) is 0.703. The van der Waals surface area contributed by atoms with Crippen LogP contribution in [0.1, 0.15) is 11.6 Å². The molecule has 0 aliphatic carbocycles. The number of nitrogens with two attached hydrogens (primary N) is 2. The third-order valence-corrected chi connectivity index (χ3v) is 1.90. The average molecular weight is 171 g/mol. The number of rotatable bonds is 2. The molecule has 0 saturated heterocycles. The molecule has 1 aromatic carbocycles. The molecule has 0 amide bonds. The summed E-state index contributed by atoms with van der Waals surface area (Å²) in [7, 11) is 0. The highest BCUT2D eigenvalue weighted by atomic mass is 35.5. The van der Waals surface area contributed by atoms with Crippen LogP contribution in [0.4, 0.5) is 0 Å². The van der Waals surface area contributed by atoms with E-state index in [2.05, 4.69) is 0 Å². The summed E-state index contributed by atoms with van der Waals surface area (Å²) in [6.07, 6.45) is 0. The van der Waals surface area contributed by atoms with Crippen LogP contribution in [0.2, 0.25) is 5.02 Å². The van der Waals surface area contributed by atoms with Gasteiger partial charge in [0.1, 0.15) is 0 Å². The van der Waals surface area contributed by atoms with E-state index in [0.29, 0.717) is 11.6 Å². The van der Waals surface area contributed by atoms with Crippen molar-refractivity contribution < 1.29 is 0 Å². The Morgan fingerprint density at radius 2 is 2.00 bits per heavy atom. The fourth-order valence-corrected chi connectivity index (χ4v) is 1.18. The second-order valence-electron chi connectivity index (χ2n) is 2.36. The third-order valence-electron chi connectivity index (χ3n) is 1.56. The van der Waals surface area contributed by atoms with Crippen LogP contribution in [0.25, 0.3) is 0 Å². The molecule has 2 nitrogen and oxygen atoms in total. The fourth-order valence-electron chi connectivity index (χ4n) is 0.903. The van der Waals surface area contributed by atoms with Crippen molar-refractivity contribution in [1.82, 2.24) is 0 Å². The largest absolute Gasteiger partial charge is 0.329 e. The number of hydrogen-bond acceptors (Lipinski definition) is 2. The van der Waals surface area contributed by atoms with Crippen LogP contribution in [0.5, 0.6) is 0 Å². The van der Waals surface area contributed by atoms with Crippen molar-refractivity contribution in [2.75, 3.05) is 6.54 Å². The predicted octanol–water partition coefficient (Wildman–Crippen LogP) is 1.30. The second kappa shape index (κ2) is 3.72. The molecule has 0 bridgehead atoms. The summed E-state index contributed by atoms with van der Waals surface area (Å²) in [6.45, 7) is 0.420. The molecule has 0 aliphatic rings. The van der Waals surface area contributed by atoms with Crippen molar-refractivity contribution in [3.05, 3.63) is 34.9 Å². The summed E-state index contributed by atoms with van der Waals surface area (Å²) in [5.74, 6) is 0. The molecule has 4 N–H and O–H groups in total. The highest BCUT2D eigenvalue weighted by Crippen LogP contribution is 2.19. The van der Waals surface area contributed by atoms with E-state index in [0.717, 1.165) is 5.56 Å². The molecule has 1 atom stereocenters. The van der Waals surface area contributed by atoms with Crippen LogP contribution in [0.3, 0.4) is 0 Å². The van der Waals surface area contributed by atoms with Gasteiger partial charge in [-0.3, -0.25) is 0 Å². The van der Waals surface area contributed by atoms with Gasteiger partial charge in [0, 0.05) is 17.6 Å². The zero-order valence-electron chi connectivity index (χ0n) is 6.13. The Morgan fingerprint density at radius 3 is 2.55 bits per heavy atom. The van der Waals surface area contributed by atoms with Crippen LogP contribution < -0.4 is 11.5 Å². The van der Waals surface area contributed by atoms with Gasteiger partial charge in [0.05, 0.1) is 0 Å². The summed E-state index contributed by atoms with van der Waals surface area (Å²) in [4.78, 5) is 0. The van der Waals surface area contributed by atoms with E-state index < -0.39 is 0 Å². The summed E-state index contributed by atoms with van der Waals surface area (Å²) < 4.78 is 0. The molecule has 0 heterocycles. The van der Waals surface area contributed by atoms with Crippen molar-refractivity contribution >= 4 is 11.6 Å². The van der Waals surface area contributed by atoms with Gasteiger partial charge in [-0.25, -0.2) is 0 Å². The Labute approximate surface area is 71.1 Å². The van der Waals surface area contributed by atoms with Crippen molar-refractivity contribution in [2.24, 2.45) is 11.5 Å². The lowest BCUT2D eigenvalue weighted by atomic mass is 10.1. The molecular formula is C8H11ClN2. The molecule has 3 heteroatoms. The maximum Gasteiger partial charge on any atom is 0.0454 e. The van der Waals surface area contributed by atoms with Gasteiger partial charge < -0.3 is 11.5 Å². The van der Waals surface area contributed by atoms with Gasteiger partial charge in [-0.2, -0.15) is 0 Å². The molecule has 0 radical (unpaired) electrons. The molecule has 0 spiro atoms. The van der Waals surface area contributed by atoms with E-state index in [1.165, 1.54) is 0 Å². The Hall–Kier alpha value is -0.570. The Balaban J connectivity index is 2.93. The smallest absolute Gasteiger partial charge is 0.0454 e. The lowest BCUT2D eigenvalue weighted by Gasteiger charge is -2.09. The van der Waals surface area contributed by atoms with Crippen molar-refractivity contribution in [3.63, 3.8) is 0 Å². The van der Waals surface area contributed by atoms with E-state index in [4.69, 9.17) is 23.1 Å². The van der Waals surface area contributed by atoms with Crippen molar-refractivity contribution in [1.29, 1.82) is 0 Å². The average Bonchev–Trinajstić information content (AvgIpc) is 2.04. The molecule has 0 aromatic heterocycles. The highest BCUT2D eigenvalue weighted by Gasteiger charge is 2.05. The minimum absolute atomic E-state index is 0.149. The molecule has 0 fully saturated rings. The standard InChI is InChI=1S/C8H11ClN2/c9-7-4-2-1-3-6(7)8(11)5-10/h1-4,8H,5,10-11H2. The maximum atomic E-state index is 5.86. The van der Waals surface area contributed by atoms with E-state index in [-0.39, 0.29) is 6.04 Å².